The van der Waals surface area contributed by atoms with Crippen molar-refractivity contribution in [3.8, 4) is 0 Å². The third-order valence-corrected chi connectivity index (χ3v) is 4.73. The third-order valence-electron chi connectivity index (χ3n) is 4.73. The Morgan fingerprint density at radius 1 is 0.931 bits per heavy atom. The summed E-state index contributed by atoms with van der Waals surface area (Å²) in [5.74, 6) is -0.340. The van der Waals surface area contributed by atoms with Gasteiger partial charge in [0.15, 0.2) is 23.4 Å². The van der Waals surface area contributed by atoms with Crippen LogP contribution in [0.15, 0.2) is 91.8 Å². The number of benzene rings is 3. The molecule has 29 heavy (non-hydrogen) atoms. The van der Waals surface area contributed by atoms with E-state index in [2.05, 4.69) is 11.9 Å². The number of rotatable bonds is 6. The minimum absolute atomic E-state index is 0.120. The van der Waals surface area contributed by atoms with Gasteiger partial charge in [-0.25, -0.2) is 9.13 Å². The Kier molecular flexibility index (Phi) is 5.03. The number of hydrogen-bond acceptors (Lipinski definition) is 2. The summed E-state index contributed by atoms with van der Waals surface area (Å²) in [6, 6.07) is 23.9. The zero-order valence-corrected chi connectivity index (χ0v) is 15.8. The minimum Gasteiger partial charge on any atom is -0.322 e. The molecule has 0 aliphatic heterocycles. The molecule has 3 aromatic carbocycles. The van der Waals surface area contributed by atoms with Crippen molar-refractivity contribution in [1.29, 1.82) is 0 Å². The van der Waals surface area contributed by atoms with Crippen LogP contribution in [0.1, 0.15) is 15.9 Å². The third kappa shape index (κ3) is 3.71. The Hall–Kier alpha value is -3.99. The first kappa shape index (κ1) is 18.4. The van der Waals surface area contributed by atoms with Crippen LogP contribution in [0.3, 0.4) is 0 Å². The number of para-hydroxylation sites is 3. The standard InChI is InChI=1S/C24H19N3O2/c1-2-26-17-27(22-15-9-8-14-21(22)26)16-23(28)25-20-13-7-6-12-19(20)24(29)18-10-4-3-5-11-18/h2-15,17H,1,16H2/p+1. The number of imidazole rings is 1. The maximum atomic E-state index is 12.9. The molecule has 0 aliphatic carbocycles. The van der Waals surface area contributed by atoms with Crippen LogP contribution in [-0.4, -0.2) is 16.3 Å². The number of nitrogens with one attached hydrogen (secondary N) is 1. The molecule has 4 rings (SSSR count). The summed E-state index contributed by atoms with van der Waals surface area (Å²) < 4.78 is 3.73. The number of amides is 1. The molecule has 0 fully saturated rings. The monoisotopic (exact) mass is 382 g/mol. The molecular weight excluding hydrogens is 362 g/mol. The van der Waals surface area contributed by atoms with Crippen molar-refractivity contribution in [2.24, 2.45) is 0 Å². The highest BCUT2D eigenvalue weighted by atomic mass is 16.2. The Bertz CT molecular complexity index is 1210. The molecule has 1 amide bonds. The Labute approximate surface area is 168 Å². The summed E-state index contributed by atoms with van der Waals surface area (Å²) in [5.41, 5.74) is 3.44. The number of ketones is 1. The fraction of sp³-hybridized carbons (Fsp3) is 0.0417. The Balaban J connectivity index is 1.59. The first-order valence-electron chi connectivity index (χ1n) is 9.27. The fourth-order valence-corrected chi connectivity index (χ4v) is 3.35. The molecule has 142 valence electrons. The van der Waals surface area contributed by atoms with E-state index in [1.54, 1.807) is 42.6 Å². The van der Waals surface area contributed by atoms with Crippen molar-refractivity contribution < 1.29 is 14.2 Å². The van der Waals surface area contributed by atoms with Gasteiger partial charge in [-0.3, -0.25) is 9.59 Å². The van der Waals surface area contributed by atoms with E-state index in [-0.39, 0.29) is 18.2 Å². The molecule has 5 heteroatoms. The van der Waals surface area contributed by atoms with Crippen LogP contribution in [0.25, 0.3) is 17.2 Å². The highest BCUT2D eigenvalue weighted by molar-refractivity contribution is 6.13. The summed E-state index contributed by atoms with van der Waals surface area (Å²) >= 11 is 0. The highest BCUT2D eigenvalue weighted by Gasteiger charge is 2.19. The molecule has 0 saturated heterocycles. The zero-order chi connectivity index (χ0) is 20.2. The van der Waals surface area contributed by atoms with Crippen LogP contribution in [0.4, 0.5) is 5.69 Å². The van der Waals surface area contributed by atoms with E-state index in [0.717, 1.165) is 11.0 Å². The lowest BCUT2D eigenvalue weighted by molar-refractivity contribution is -0.658. The van der Waals surface area contributed by atoms with E-state index in [9.17, 15) is 9.59 Å². The van der Waals surface area contributed by atoms with Crippen LogP contribution >= 0.6 is 0 Å². The van der Waals surface area contributed by atoms with E-state index in [0.29, 0.717) is 16.8 Å². The number of carbonyl (C=O) groups excluding carboxylic acids is 2. The van der Waals surface area contributed by atoms with Crippen molar-refractivity contribution in [3.05, 3.63) is 103 Å². The number of carbonyl (C=O) groups is 2. The topological polar surface area (TPSA) is 55.0 Å². The molecule has 1 N–H and O–H groups in total. The lowest BCUT2D eigenvalue weighted by atomic mass is 10.0. The first-order valence-corrected chi connectivity index (χ1v) is 9.27. The molecule has 0 radical (unpaired) electrons. The molecule has 0 unspecified atom stereocenters. The number of hydrogen-bond donors (Lipinski definition) is 1. The van der Waals surface area contributed by atoms with Gasteiger partial charge >= 0.3 is 0 Å². The number of aromatic nitrogens is 2. The maximum absolute atomic E-state index is 12.9. The van der Waals surface area contributed by atoms with Crippen molar-refractivity contribution in [2.75, 3.05) is 5.32 Å². The predicted octanol–water partition coefficient (Wildman–Crippen LogP) is 3.90. The van der Waals surface area contributed by atoms with Crippen molar-refractivity contribution in [1.82, 2.24) is 4.57 Å². The quantitative estimate of drug-likeness (QED) is 0.406. The molecule has 1 aromatic heterocycles. The van der Waals surface area contributed by atoms with Gasteiger partial charge in [0.25, 0.3) is 5.91 Å². The smallest absolute Gasteiger partial charge is 0.266 e. The Morgan fingerprint density at radius 2 is 1.62 bits per heavy atom. The predicted molar refractivity (Wildman–Crippen MR) is 113 cm³/mol. The van der Waals surface area contributed by atoms with Gasteiger partial charge in [-0.15, -0.1) is 0 Å². The second-order valence-electron chi connectivity index (χ2n) is 6.61. The minimum atomic E-state index is -0.213. The lowest BCUT2D eigenvalue weighted by Crippen LogP contribution is -2.39. The van der Waals surface area contributed by atoms with Crippen LogP contribution in [0.2, 0.25) is 0 Å². The molecule has 0 bridgehead atoms. The molecule has 5 nitrogen and oxygen atoms in total. The van der Waals surface area contributed by atoms with E-state index < -0.39 is 0 Å². The fourth-order valence-electron chi connectivity index (χ4n) is 3.35. The average molecular weight is 382 g/mol. The number of fused-ring (bicyclic) bond motifs is 1. The van der Waals surface area contributed by atoms with Gasteiger partial charge in [-0.1, -0.05) is 61.2 Å². The van der Waals surface area contributed by atoms with Gasteiger partial charge in [0.05, 0.1) is 11.9 Å². The molecule has 1 heterocycles. The van der Waals surface area contributed by atoms with Gasteiger partial charge in [0.2, 0.25) is 6.33 Å². The van der Waals surface area contributed by atoms with Gasteiger partial charge in [0.1, 0.15) is 0 Å². The normalized spacial score (nSPS) is 10.6. The molecule has 0 atom stereocenters. The maximum Gasteiger partial charge on any atom is 0.266 e. The molecular formula is C24H20N3O2+. The summed E-state index contributed by atoms with van der Waals surface area (Å²) in [6.07, 6.45) is 3.53. The molecule has 0 spiro atoms. The summed E-state index contributed by atoms with van der Waals surface area (Å²) in [5, 5.41) is 2.89. The summed E-state index contributed by atoms with van der Waals surface area (Å²) in [4.78, 5) is 25.6. The van der Waals surface area contributed by atoms with Gasteiger partial charge in [-0.05, 0) is 24.3 Å². The lowest BCUT2D eigenvalue weighted by Gasteiger charge is -2.10. The summed E-state index contributed by atoms with van der Waals surface area (Å²) in [6.45, 7) is 3.93. The number of nitrogens with zero attached hydrogens (tertiary/aromatic N) is 2. The first-order chi connectivity index (χ1) is 14.2. The molecule has 4 aromatic rings. The summed E-state index contributed by atoms with van der Waals surface area (Å²) in [7, 11) is 0. The van der Waals surface area contributed by atoms with Crippen LogP contribution in [0.5, 0.6) is 0 Å². The highest BCUT2D eigenvalue weighted by Crippen LogP contribution is 2.19. The second-order valence-corrected chi connectivity index (χ2v) is 6.61. The van der Waals surface area contributed by atoms with E-state index in [1.807, 2.05) is 57.9 Å². The van der Waals surface area contributed by atoms with Crippen LogP contribution < -0.4 is 9.88 Å². The number of anilines is 1. The van der Waals surface area contributed by atoms with Crippen LogP contribution in [0, 0.1) is 0 Å². The van der Waals surface area contributed by atoms with Gasteiger partial charge in [-0.2, -0.15) is 0 Å². The SMILES string of the molecule is C=Cn1c[n+](CC(=O)Nc2ccccc2C(=O)c2ccccc2)c2ccccc21. The van der Waals surface area contributed by atoms with Crippen molar-refractivity contribution in [3.63, 3.8) is 0 Å². The Morgan fingerprint density at radius 3 is 2.41 bits per heavy atom. The second kappa shape index (κ2) is 7.94. The van der Waals surface area contributed by atoms with E-state index in [1.165, 1.54) is 0 Å². The molecule has 0 saturated carbocycles. The van der Waals surface area contributed by atoms with Gasteiger partial charge in [0, 0.05) is 11.1 Å². The van der Waals surface area contributed by atoms with Crippen LogP contribution in [-0.2, 0) is 11.3 Å². The van der Waals surface area contributed by atoms with E-state index >= 15 is 0 Å². The largest absolute Gasteiger partial charge is 0.322 e. The average Bonchev–Trinajstić information content (AvgIpc) is 3.12. The van der Waals surface area contributed by atoms with Crippen molar-refractivity contribution in [2.45, 2.75) is 6.54 Å². The van der Waals surface area contributed by atoms with Gasteiger partial charge < -0.3 is 5.32 Å². The van der Waals surface area contributed by atoms with Crippen molar-refractivity contribution >= 4 is 34.6 Å². The molecule has 0 aliphatic rings. The van der Waals surface area contributed by atoms with E-state index in [4.69, 9.17) is 0 Å². The zero-order valence-electron chi connectivity index (χ0n) is 15.8.